The number of esters is 1. The largest absolute Gasteiger partial charge is 0.482 e. The number of nitrogens with zero attached hydrogens (tertiary/aromatic N) is 1. The van der Waals surface area contributed by atoms with Crippen LogP contribution in [0.1, 0.15) is 26.4 Å². The lowest BCUT2D eigenvalue weighted by molar-refractivity contribution is -0.108. The quantitative estimate of drug-likeness (QED) is 0.560. The number of benzene rings is 1. The third-order valence-electron chi connectivity index (χ3n) is 3.27. The molecule has 7 heteroatoms. The summed E-state index contributed by atoms with van der Waals surface area (Å²) in [6.07, 6.45) is 2.01. The Morgan fingerprint density at radius 2 is 1.92 bits per heavy atom. The fraction of sp³-hybridized carbons (Fsp3) is 0.176. The third kappa shape index (κ3) is 3.57. The molecule has 0 N–H and O–H groups in total. The summed E-state index contributed by atoms with van der Waals surface area (Å²) in [7, 11) is 1.15. The van der Waals surface area contributed by atoms with Gasteiger partial charge in [-0.15, -0.1) is 0 Å². The predicted octanol–water partition coefficient (Wildman–Crippen LogP) is 1.23. The molecule has 0 spiro atoms. The summed E-state index contributed by atoms with van der Waals surface area (Å²) in [5.41, 5.74) is -0.390. The van der Waals surface area contributed by atoms with Crippen LogP contribution >= 0.6 is 0 Å². The van der Waals surface area contributed by atoms with E-state index in [0.29, 0.717) is 12.6 Å². The van der Waals surface area contributed by atoms with Gasteiger partial charge in [-0.05, 0) is 5.56 Å². The number of carbonyl (C=O) groups excluding carboxylic acids is 3. The van der Waals surface area contributed by atoms with E-state index in [-0.39, 0.29) is 30.2 Å². The van der Waals surface area contributed by atoms with Gasteiger partial charge in [-0.25, -0.2) is 4.79 Å². The number of rotatable bonds is 7. The standard InChI is InChI=1S/C17H15NO6/c1-23-17(22)14-16(24-11-12-5-3-2-4-6-12)15(21)13(10-20)9-18(14)7-8-19/h2-6,8-10H,7,11H2,1H3. The van der Waals surface area contributed by atoms with Gasteiger partial charge in [-0.3, -0.25) is 9.59 Å². The van der Waals surface area contributed by atoms with Gasteiger partial charge in [0.15, 0.2) is 17.7 Å². The van der Waals surface area contributed by atoms with Crippen molar-refractivity contribution < 1.29 is 23.9 Å². The zero-order valence-corrected chi connectivity index (χ0v) is 12.9. The number of hydrogen-bond acceptors (Lipinski definition) is 6. The Morgan fingerprint density at radius 3 is 2.50 bits per heavy atom. The summed E-state index contributed by atoms with van der Waals surface area (Å²) in [5, 5.41) is 0. The van der Waals surface area contributed by atoms with Crippen LogP contribution in [-0.2, 0) is 22.7 Å². The van der Waals surface area contributed by atoms with E-state index >= 15 is 0 Å². The summed E-state index contributed by atoms with van der Waals surface area (Å²) < 4.78 is 11.3. The van der Waals surface area contributed by atoms with E-state index in [1.54, 1.807) is 24.3 Å². The minimum absolute atomic E-state index is 0.0173. The molecule has 2 aromatic rings. The molecule has 24 heavy (non-hydrogen) atoms. The number of aromatic nitrogens is 1. The summed E-state index contributed by atoms with van der Waals surface area (Å²) in [6.45, 7) is -0.212. The van der Waals surface area contributed by atoms with Crippen LogP contribution in [0.25, 0.3) is 0 Å². The molecule has 0 saturated carbocycles. The van der Waals surface area contributed by atoms with E-state index in [9.17, 15) is 19.2 Å². The molecule has 0 saturated heterocycles. The topological polar surface area (TPSA) is 91.7 Å². The van der Waals surface area contributed by atoms with Crippen molar-refractivity contribution in [3.8, 4) is 5.75 Å². The van der Waals surface area contributed by atoms with Gasteiger partial charge >= 0.3 is 5.97 Å². The predicted molar refractivity (Wildman–Crippen MR) is 84.3 cm³/mol. The van der Waals surface area contributed by atoms with E-state index in [1.807, 2.05) is 6.07 Å². The molecule has 0 atom stereocenters. The van der Waals surface area contributed by atoms with Gasteiger partial charge in [0.1, 0.15) is 12.9 Å². The van der Waals surface area contributed by atoms with Crippen LogP contribution in [0.15, 0.2) is 41.3 Å². The first-order valence-electron chi connectivity index (χ1n) is 7.03. The fourth-order valence-corrected chi connectivity index (χ4v) is 2.14. The molecule has 0 radical (unpaired) electrons. The number of ether oxygens (including phenoxy) is 2. The Labute approximate surface area is 137 Å². The molecule has 0 bridgehead atoms. The lowest BCUT2D eigenvalue weighted by Crippen LogP contribution is -2.25. The summed E-state index contributed by atoms with van der Waals surface area (Å²) in [6, 6.07) is 8.99. The highest BCUT2D eigenvalue weighted by atomic mass is 16.5. The first-order valence-corrected chi connectivity index (χ1v) is 7.03. The molecular weight excluding hydrogens is 314 g/mol. The highest BCUT2D eigenvalue weighted by molar-refractivity contribution is 5.92. The zero-order chi connectivity index (χ0) is 17.5. The Bertz CT molecular complexity index is 810. The van der Waals surface area contributed by atoms with E-state index in [0.717, 1.165) is 23.4 Å². The molecule has 1 aromatic heterocycles. The summed E-state index contributed by atoms with van der Waals surface area (Å²) in [5.74, 6) is -1.16. The van der Waals surface area contributed by atoms with Crippen molar-refractivity contribution in [2.75, 3.05) is 7.11 Å². The second-order valence-electron chi connectivity index (χ2n) is 4.79. The van der Waals surface area contributed by atoms with Crippen LogP contribution in [0.2, 0.25) is 0 Å². The number of carbonyl (C=O) groups is 3. The van der Waals surface area contributed by atoms with Crippen LogP contribution in [-0.4, -0.2) is 30.2 Å². The third-order valence-corrected chi connectivity index (χ3v) is 3.27. The van der Waals surface area contributed by atoms with E-state index in [1.165, 1.54) is 0 Å². The average Bonchev–Trinajstić information content (AvgIpc) is 2.62. The molecule has 0 aliphatic carbocycles. The van der Waals surface area contributed by atoms with Crippen LogP contribution in [0, 0.1) is 0 Å². The second kappa shape index (κ2) is 7.87. The number of hydrogen-bond donors (Lipinski definition) is 0. The minimum atomic E-state index is -0.838. The van der Waals surface area contributed by atoms with E-state index in [4.69, 9.17) is 4.74 Å². The lowest BCUT2D eigenvalue weighted by atomic mass is 10.2. The SMILES string of the molecule is COC(=O)c1c(OCc2ccccc2)c(=O)c(C=O)cn1CC=O. The normalized spacial score (nSPS) is 10.0. The Kier molecular flexibility index (Phi) is 5.62. The van der Waals surface area contributed by atoms with Gasteiger partial charge in [-0.2, -0.15) is 0 Å². The van der Waals surface area contributed by atoms with Crippen LogP contribution in [0.5, 0.6) is 5.75 Å². The van der Waals surface area contributed by atoms with Gasteiger partial charge in [0, 0.05) is 6.20 Å². The number of methoxy groups -OCH3 is 1. The monoisotopic (exact) mass is 329 g/mol. The van der Waals surface area contributed by atoms with Gasteiger partial charge in [0.25, 0.3) is 0 Å². The van der Waals surface area contributed by atoms with Gasteiger partial charge in [-0.1, -0.05) is 30.3 Å². The Morgan fingerprint density at radius 1 is 1.21 bits per heavy atom. The van der Waals surface area contributed by atoms with E-state index in [2.05, 4.69) is 4.74 Å². The summed E-state index contributed by atoms with van der Waals surface area (Å²) >= 11 is 0. The minimum Gasteiger partial charge on any atom is -0.482 e. The first kappa shape index (κ1) is 17.1. The highest BCUT2D eigenvalue weighted by Gasteiger charge is 2.23. The van der Waals surface area contributed by atoms with Gasteiger partial charge in [0.05, 0.1) is 19.2 Å². The maximum absolute atomic E-state index is 12.4. The van der Waals surface area contributed by atoms with Crippen molar-refractivity contribution in [2.45, 2.75) is 13.2 Å². The maximum atomic E-state index is 12.4. The molecule has 0 aliphatic heterocycles. The van der Waals surface area contributed by atoms with Gasteiger partial charge < -0.3 is 18.8 Å². The zero-order valence-electron chi connectivity index (χ0n) is 12.9. The average molecular weight is 329 g/mol. The van der Waals surface area contributed by atoms with Crippen LogP contribution in [0.3, 0.4) is 0 Å². The van der Waals surface area contributed by atoms with Crippen molar-refractivity contribution >= 4 is 18.5 Å². The molecule has 0 aliphatic rings. The lowest BCUT2D eigenvalue weighted by Gasteiger charge is -2.15. The maximum Gasteiger partial charge on any atom is 0.358 e. The Hall–Kier alpha value is -3.22. The van der Waals surface area contributed by atoms with Crippen molar-refractivity contribution in [3.05, 3.63) is 63.6 Å². The van der Waals surface area contributed by atoms with Gasteiger partial charge in [0.2, 0.25) is 5.43 Å². The second-order valence-corrected chi connectivity index (χ2v) is 4.79. The van der Waals surface area contributed by atoms with Crippen molar-refractivity contribution in [3.63, 3.8) is 0 Å². The molecule has 7 nitrogen and oxygen atoms in total. The molecule has 0 unspecified atom stereocenters. The highest BCUT2D eigenvalue weighted by Crippen LogP contribution is 2.18. The molecule has 1 aromatic carbocycles. The van der Waals surface area contributed by atoms with Crippen LogP contribution < -0.4 is 10.2 Å². The van der Waals surface area contributed by atoms with Crippen molar-refractivity contribution in [2.24, 2.45) is 0 Å². The molecule has 2 rings (SSSR count). The molecule has 0 fully saturated rings. The molecular formula is C17H15NO6. The molecule has 124 valence electrons. The fourth-order valence-electron chi connectivity index (χ4n) is 2.14. The Balaban J connectivity index is 2.54. The molecule has 1 heterocycles. The van der Waals surface area contributed by atoms with E-state index < -0.39 is 11.4 Å². The summed E-state index contributed by atoms with van der Waals surface area (Å²) in [4.78, 5) is 46.3. The molecule has 0 amide bonds. The van der Waals surface area contributed by atoms with Crippen LogP contribution in [0.4, 0.5) is 0 Å². The number of aldehydes is 2. The van der Waals surface area contributed by atoms with Crippen molar-refractivity contribution in [1.82, 2.24) is 4.57 Å². The first-order chi connectivity index (χ1) is 11.6. The smallest absolute Gasteiger partial charge is 0.358 e. The number of pyridine rings is 1. The van der Waals surface area contributed by atoms with Crippen molar-refractivity contribution in [1.29, 1.82) is 0 Å².